The van der Waals surface area contributed by atoms with Crippen LogP contribution >= 0.6 is 0 Å². The minimum absolute atomic E-state index is 0.0436. The second kappa shape index (κ2) is 9.30. The number of benzene rings is 2. The zero-order valence-electron chi connectivity index (χ0n) is 18.3. The molecule has 1 unspecified atom stereocenters. The van der Waals surface area contributed by atoms with Crippen molar-refractivity contribution in [1.29, 1.82) is 0 Å². The second-order valence-electron chi connectivity index (χ2n) is 8.49. The zero-order chi connectivity index (χ0) is 23.6. The van der Waals surface area contributed by atoms with E-state index in [2.05, 4.69) is 20.2 Å². The molecular weight excluding hydrogens is 447 g/mol. The minimum Gasteiger partial charge on any atom is -0.344 e. The van der Waals surface area contributed by atoms with E-state index >= 15 is 0 Å². The minimum atomic E-state index is -3.84. The Balaban J connectivity index is 1.37. The molecule has 0 aliphatic heterocycles. The predicted molar refractivity (Wildman–Crippen MR) is 119 cm³/mol. The molecule has 1 heterocycles. The summed E-state index contributed by atoms with van der Waals surface area (Å²) in [5.41, 5.74) is 1.05. The van der Waals surface area contributed by atoms with Crippen LogP contribution in [0.25, 0.3) is 0 Å². The van der Waals surface area contributed by atoms with Gasteiger partial charge in [-0.3, -0.25) is 9.52 Å². The molecule has 0 spiro atoms. The standard InChI is InChI=1S/C23H25FN4O4S/c1-14(2)21(23-26-22(27-32-23)16-5-6-16)25-20(29)13-15-3-9-18(10-4-15)28-33(30,31)19-11-7-17(24)8-12-19/h3-4,7-12,14,16,21,28H,5-6,13H2,1-2H3,(H,25,29). The molecule has 1 aromatic heterocycles. The molecule has 1 aliphatic carbocycles. The lowest BCUT2D eigenvalue weighted by Gasteiger charge is -2.18. The highest BCUT2D eigenvalue weighted by Gasteiger charge is 2.31. The Hall–Kier alpha value is -3.27. The maximum atomic E-state index is 13.0. The fraction of sp³-hybridized carbons (Fsp3) is 0.348. The molecule has 0 radical (unpaired) electrons. The molecule has 1 saturated carbocycles. The fourth-order valence-electron chi connectivity index (χ4n) is 3.32. The molecule has 1 amide bonds. The molecule has 10 heteroatoms. The van der Waals surface area contributed by atoms with E-state index < -0.39 is 15.8 Å². The first-order valence-electron chi connectivity index (χ1n) is 10.7. The molecule has 1 fully saturated rings. The summed E-state index contributed by atoms with van der Waals surface area (Å²) in [4.78, 5) is 17.0. The Kier molecular flexibility index (Phi) is 6.46. The summed E-state index contributed by atoms with van der Waals surface area (Å²) in [7, 11) is -3.84. The maximum absolute atomic E-state index is 13.0. The first kappa shape index (κ1) is 22.9. The second-order valence-corrected chi connectivity index (χ2v) is 10.2. The van der Waals surface area contributed by atoms with E-state index in [1.165, 1.54) is 12.1 Å². The molecule has 2 aromatic carbocycles. The van der Waals surface area contributed by atoms with Gasteiger partial charge in [0.2, 0.25) is 11.8 Å². The quantitative estimate of drug-likeness (QED) is 0.488. The third kappa shape index (κ3) is 5.75. The molecule has 0 bridgehead atoms. The Morgan fingerprint density at radius 1 is 1.12 bits per heavy atom. The van der Waals surface area contributed by atoms with Gasteiger partial charge in [-0.15, -0.1) is 0 Å². The first-order chi connectivity index (χ1) is 15.7. The SMILES string of the molecule is CC(C)C(NC(=O)Cc1ccc(NS(=O)(=O)c2ccc(F)cc2)cc1)c1nc(C2CC2)no1. The van der Waals surface area contributed by atoms with Crippen molar-refractivity contribution in [3.63, 3.8) is 0 Å². The number of nitrogens with zero attached hydrogens (tertiary/aromatic N) is 2. The van der Waals surface area contributed by atoms with Crippen LogP contribution < -0.4 is 10.0 Å². The Labute approximate surface area is 191 Å². The van der Waals surface area contributed by atoms with Crippen molar-refractivity contribution >= 4 is 21.6 Å². The molecule has 3 aromatic rings. The molecule has 174 valence electrons. The molecular formula is C23H25FN4O4S. The Morgan fingerprint density at radius 2 is 1.79 bits per heavy atom. The average Bonchev–Trinajstić information content (AvgIpc) is 3.50. The van der Waals surface area contributed by atoms with Crippen molar-refractivity contribution in [2.45, 2.75) is 50.0 Å². The number of sulfonamides is 1. The maximum Gasteiger partial charge on any atom is 0.261 e. The third-order valence-electron chi connectivity index (χ3n) is 5.34. The van der Waals surface area contributed by atoms with Crippen LogP contribution in [0.2, 0.25) is 0 Å². The van der Waals surface area contributed by atoms with Gasteiger partial charge < -0.3 is 9.84 Å². The number of hydrogen-bond donors (Lipinski definition) is 2. The van der Waals surface area contributed by atoms with E-state index in [1.807, 2.05) is 13.8 Å². The molecule has 8 nitrogen and oxygen atoms in total. The highest BCUT2D eigenvalue weighted by molar-refractivity contribution is 7.92. The van der Waals surface area contributed by atoms with Crippen molar-refractivity contribution in [2.24, 2.45) is 5.92 Å². The van der Waals surface area contributed by atoms with Crippen molar-refractivity contribution in [3.05, 3.63) is 71.6 Å². The lowest BCUT2D eigenvalue weighted by Crippen LogP contribution is -2.33. The van der Waals surface area contributed by atoms with Gasteiger partial charge in [0.15, 0.2) is 5.82 Å². The van der Waals surface area contributed by atoms with Gasteiger partial charge in [-0.05, 0) is 60.7 Å². The van der Waals surface area contributed by atoms with Gasteiger partial charge in [-0.25, -0.2) is 12.8 Å². The number of amides is 1. The van der Waals surface area contributed by atoms with Gasteiger partial charge in [0.1, 0.15) is 11.9 Å². The van der Waals surface area contributed by atoms with Crippen LogP contribution in [0.5, 0.6) is 0 Å². The van der Waals surface area contributed by atoms with Crippen molar-refractivity contribution < 1.29 is 22.1 Å². The van der Waals surface area contributed by atoms with E-state index in [4.69, 9.17) is 4.52 Å². The number of aromatic nitrogens is 2. The number of anilines is 1. The number of nitrogens with one attached hydrogen (secondary N) is 2. The van der Waals surface area contributed by atoms with Crippen LogP contribution in [0.4, 0.5) is 10.1 Å². The molecule has 4 rings (SSSR count). The summed E-state index contributed by atoms with van der Waals surface area (Å²) in [5.74, 6) is 0.808. The van der Waals surface area contributed by atoms with Crippen LogP contribution in [0.15, 0.2) is 57.9 Å². The zero-order valence-corrected chi connectivity index (χ0v) is 19.1. The summed E-state index contributed by atoms with van der Waals surface area (Å²) < 4.78 is 45.7. The van der Waals surface area contributed by atoms with E-state index in [1.54, 1.807) is 24.3 Å². The smallest absolute Gasteiger partial charge is 0.261 e. The number of carbonyl (C=O) groups is 1. The van der Waals surface area contributed by atoms with Crippen molar-refractivity contribution in [2.75, 3.05) is 4.72 Å². The van der Waals surface area contributed by atoms with Gasteiger partial charge >= 0.3 is 0 Å². The van der Waals surface area contributed by atoms with Gasteiger partial charge in [0.25, 0.3) is 10.0 Å². The third-order valence-corrected chi connectivity index (χ3v) is 6.74. The lowest BCUT2D eigenvalue weighted by molar-refractivity contribution is -0.121. The van der Waals surface area contributed by atoms with Gasteiger partial charge in [0.05, 0.1) is 11.3 Å². The van der Waals surface area contributed by atoms with Crippen molar-refractivity contribution in [3.8, 4) is 0 Å². The summed E-state index contributed by atoms with van der Waals surface area (Å²) in [5, 5.41) is 6.98. The highest BCUT2D eigenvalue weighted by Crippen LogP contribution is 2.38. The summed E-state index contributed by atoms with van der Waals surface area (Å²) >= 11 is 0. The highest BCUT2D eigenvalue weighted by atomic mass is 32.2. The first-order valence-corrected chi connectivity index (χ1v) is 12.2. The number of rotatable bonds is 9. The van der Waals surface area contributed by atoms with E-state index in [9.17, 15) is 17.6 Å². The number of hydrogen-bond acceptors (Lipinski definition) is 6. The summed E-state index contributed by atoms with van der Waals surface area (Å²) in [6.45, 7) is 3.93. The monoisotopic (exact) mass is 472 g/mol. The fourth-order valence-corrected chi connectivity index (χ4v) is 4.38. The van der Waals surface area contributed by atoms with Gasteiger partial charge in [0, 0.05) is 11.6 Å². The van der Waals surface area contributed by atoms with Gasteiger partial charge in [-0.2, -0.15) is 4.98 Å². The molecule has 33 heavy (non-hydrogen) atoms. The lowest BCUT2D eigenvalue weighted by atomic mass is 10.0. The molecule has 0 saturated heterocycles. The van der Waals surface area contributed by atoms with E-state index in [0.717, 1.165) is 25.0 Å². The summed E-state index contributed by atoms with van der Waals surface area (Å²) in [6, 6.07) is 10.7. The Bertz CT molecular complexity index is 1220. The molecule has 1 aliphatic rings. The molecule has 2 N–H and O–H groups in total. The normalized spacial score (nSPS) is 14.8. The molecule has 1 atom stereocenters. The largest absolute Gasteiger partial charge is 0.344 e. The number of carbonyl (C=O) groups excluding carboxylic acids is 1. The summed E-state index contributed by atoms with van der Waals surface area (Å²) in [6.07, 6.45) is 2.24. The van der Waals surface area contributed by atoms with Crippen molar-refractivity contribution in [1.82, 2.24) is 15.5 Å². The van der Waals surface area contributed by atoms with E-state index in [0.29, 0.717) is 28.9 Å². The average molecular weight is 473 g/mol. The van der Waals surface area contributed by atoms with Gasteiger partial charge in [-0.1, -0.05) is 31.1 Å². The Morgan fingerprint density at radius 3 is 2.39 bits per heavy atom. The van der Waals surface area contributed by atoms with Crippen LogP contribution in [-0.4, -0.2) is 24.5 Å². The topological polar surface area (TPSA) is 114 Å². The van der Waals surface area contributed by atoms with E-state index in [-0.39, 0.29) is 29.2 Å². The van der Waals surface area contributed by atoms with Crippen LogP contribution in [0, 0.1) is 11.7 Å². The number of halogens is 1. The van der Waals surface area contributed by atoms with Crippen LogP contribution in [-0.2, 0) is 21.2 Å². The predicted octanol–water partition coefficient (Wildman–Crippen LogP) is 3.94. The van der Waals surface area contributed by atoms with Crippen LogP contribution in [0.3, 0.4) is 0 Å². The van der Waals surface area contributed by atoms with Crippen LogP contribution in [0.1, 0.15) is 55.9 Å².